The van der Waals surface area contributed by atoms with Crippen molar-refractivity contribution in [1.82, 2.24) is 4.57 Å². The van der Waals surface area contributed by atoms with Crippen molar-refractivity contribution in [3.05, 3.63) is 70.6 Å². The van der Waals surface area contributed by atoms with Crippen molar-refractivity contribution < 1.29 is 23.8 Å². The first kappa shape index (κ1) is 25.8. The van der Waals surface area contributed by atoms with Crippen LogP contribution in [-0.4, -0.2) is 42.5 Å². The van der Waals surface area contributed by atoms with E-state index in [-0.39, 0.29) is 12.2 Å². The molecule has 0 atom stereocenters. The number of pyridine rings is 1. The molecule has 186 valence electrons. The molecular weight excluding hydrogens is 448 g/mol. The van der Waals surface area contributed by atoms with Crippen LogP contribution in [0.3, 0.4) is 0 Å². The molecule has 0 aliphatic rings. The molecule has 0 fully saturated rings. The number of rotatable bonds is 8. The van der Waals surface area contributed by atoms with E-state index >= 15 is 0 Å². The first-order valence-corrected chi connectivity index (χ1v) is 11.6. The number of aryl methyl sites for hydroxylation is 1. The maximum Gasteiger partial charge on any atom is 0.414 e. The first-order chi connectivity index (χ1) is 16.6. The average Bonchev–Trinajstić information content (AvgIpc) is 2.82. The summed E-state index contributed by atoms with van der Waals surface area (Å²) >= 11 is 0. The van der Waals surface area contributed by atoms with Crippen LogP contribution < -0.4 is 15.2 Å². The van der Waals surface area contributed by atoms with E-state index in [1.807, 2.05) is 26.8 Å². The lowest BCUT2D eigenvalue weighted by Gasteiger charge is -2.27. The number of nitrogens with zero attached hydrogens (tertiary/aromatic N) is 2. The normalized spacial score (nSPS) is 11.2. The van der Waals surface area contributed by atoms with Crippen molar-refractivity contribution in [2.75, 3.05) is 25.2 Å². The third kappa shape index (κ3) is 6.62. The van der Waals surface area contributed by atoms with Gasteiger partial charge >= 0.3 is 12.1 Å². The van der Waals surface area contributed by atoms with E-state index in [9.17, 15) is 14.4 Å². The lowest BCUT2D eigenvalue weighted by Crippen LogP contribution is -2.38. The molecular formula is C27H32N2O6. The number of carbonyl (C=O) groups excluding carboxylic acids is 2. The Hall–Kier alpha value is -3.81. The number of aromatic nitrogens is 1. The molecule has 1 aromatic heterocycles. The third-order valence-corrected chi connectivity index (χ3v) is 5.27. The fourth-order valence-corrected chi connectivity index (χ4v) is 3.60. The molecule has 8 nitrogen and oxygen atoms in total. The average molecular weight is 481 g/mol. The molecule has 1 amide bonds. The highest BCUT2D eigenvalue weighted by Crippen LogP contribution is 2.22. The van der Waals surface area contributed by atoms with Crippen molar-refractivity contribution in [2.45, 2.75) is 46.3 Å². The van der Waals surface area contributed by atoms with Gasteiger partial charge in [-0.05, 0) is 82.0 Å². The Bertz CT molecular complexity index is 1240. The smallest absolute Gasteiger partial charge is 0.414 e. The maximum atomic E-state index is 13.1. The standard InChI is InChI=1S/C27H32N2O6/c1-6-34-25(31)20-9-8-19-14-17-28(24(30)23(19)18-20)15-7-16-29(26(32)35-27(2,3)4)21-10-12-22(33-5)13-11-21/h8-14,17-18H,6-7,15-16H2,1-5H3. The van der Waals surface area contributed by atoms with E-state index in [1.165, 1.54) is 0 Å². The number of carbonyl (C=O) groups is 2. The van der Waals surface area contributed by atoms with Crippen LogP contribution in [0.15, 0.2) is 59.5 Å². The molecule has 0 aliphatic heterocycles. The van der Waals surface area contributed by atoms with Crippen molar-refractivity contribution in [1.29, 1.82) is 0 Å². The molecule has 0 spiro atoms. The molecule has 2 aromatic carbocycles. The predicted octanol–water partition coefficient (Wildman–Crippen LogP) is 5.02. The van der Waals surface area contributed by atoms with Gasteiger partial charge in [0.25, 0.3) is 5.56 Å². The fourth-order valence-electron chi connectivity index (χ4n) is 3.60. The van der Waals surface area contributed by atoms with Gasteiger partial charge in [0, 0.05) is 30.4 Å². The molecule has 8 heteroatoms. The summed E-state index contributed by atoms with van der Waals surface area (Å²) in [6.07, 6.45) is 1.77. The highest BCUT2D eigenvalue weighted by molar-refractivity contribution is 5.95. The molecule has 0 radical (unpaired) electrons. The highest BCUT2D eigenvalue weighted by atomic mass is 16.6. The Kier molecular flexibility index (Phi) is 8.17. The topological polar surface area (TPSA) is 87.1 Å². The first-order valence-electron chi connectivity index (χ1n) is 11.6. The summed E-state index contributed by atoms with van der Waals surface area (Å²) < 4.78 is 17.4. The Morgan fingerprint density at radius 1 is 1.03 bits per heavy atom. The summed E-state index contributed by atoms with van der Waals surface area (Å²) in [4.78, 5) is 39.6. The molecule has 3 rings (SSSR count). The number of methoxy groups -OCH3 is 1. The van der Waals surface area contributed by atoms with Crippen LogP contribution in [0.25, 0.3) is 10.8 Å². The number of amides is 1. The van der Waals surface area contributed by atoms with Crippen LogP contribution >= 0.6 is 0 Å². The van der Waals surface area contributed by atoms with Crippen LogP contribution in [0.4, 0.5) is 10.5 Å². The summed E-state index contributed by atoms with van der Waals surface area (Å²) in [6, 6.07) is 13.9. The lowest BCUT2D eigenvalue weighted by atomic mass is 10.1. The van der Waals surface area contributed by atoms with Gasteiger partial charge in [0.05, 0.1) is 19.3 Å². The SMILES string of the molecule is CCOC(=O)c1ccc2ccn(CCCN(C(=O)OC(C)(C)C)c3ccc(OC)cc3)c(=O)c2c1. The van der Waals surface area contributed by atoms with Crippen LogP contribution in [0.2, 0.25) is 0 Å². The van der Waals surface area contributed by atoms with Crippen LogP contribution in [0.5, 0.6) is 5.75 Å². The number of hydrogen-bond acceptors (Lipinski definition) is 6. The Morgan fingerprint density at radius 2 is 1.74 bits per heavy atom. The second-order valence-electron chi connectivity index (χ2n) is 9.02. The number of ether oxygens (including phenoxy) is 3. The summed E-state index contributed by atoms with van der Waals surface area (Å²) in [5.41, 5.74) is 0.157. The van der Waals surface area contributed by atoms with Gasteiger partial charge in [-0.15, -0.1) is 0 Å². The Balaban J connectivity index is 1.80. The van der Waals surface area contributed by atoms with Gasteiger partial charge in [0.2, 0.25) is 0 Å². The highest BCUT2D eigenvalue weighted by Gasteiger charge is 2.23. The quantitative estimate of drug-likeness (QED) is 0.421. The number of anilines is 1. The molecule has 0 unspecified atom stereocenters. The molecule has 0 bridgehead atoms. The zero-order chi connectivity index (χ0) is 25.6. The van der Waals surface area contributed by atoms with Gasteiger partial charge in [-0.2, -0.15) is 0 Å². The summed E-state index contributed by atoms with van der Waals surface area (Å²) in [7, 11) is 1.58. The largest absolute Gasteiger partial charge is 0.497 e. The predicted molar refractivity (Wildman–Crippen MR) is 135 cm³/mol. The van der Waals surface area contributed by atoms with E-state index < -0.39 is 17.7 Å². The van der Waals surface area contributed by atoms with Crippen molar-refractivity contribution in [2.24, 2.45) is 0 Å². The number of benzene rings is 2. The number of hydrogen-bond donors (Lipinski definition) is 0. The maximum absolute atomic E-state index is 13.1. The summed E-state index contributed by atoms with van der Waals surface area (Å²) in [5, 5.41) is 1.19. The molecule has 0 saturated carbocycles. The van der Waals surface area contributed by atoms with E-state index in [4.69, 9.17) is 14.2 Å². The van der Waals surface area contributed by atoms with Crippen LogP contribution in [-0.2, 0) is 16.0 Å². The second kappa shape index (κ2) is 11.1. The minimum absolute atomic E-state index is 0.207. The lowest BCUT2D eigenvalue weighted by molar-refractivity contribution is 0.0524. The summed E-state index contributed by atoms with van der Waals surface area (Å²) in [6.45, 7) is 8.17. The van der Waals surface area contributed by atoms with Crippen molar-refractivity contribution in [3.8, 4) is 5.75 Å². The second-order valence-corrected chi connectivity index (χ2v) is 9.02. The van der Waals surface area contributed by atoms with Crippen molar-refractivity contribution >= 4 is 28.5 Å². The third-order valence-electron chi connectivity index (χ3n) is 5.27. The minimum Gasteiger partial charge on any atom is -0.497 e. The number of esters is 1. The number of fused-ring (bicyclic) bond motifs is 1. The van der Waals surface area contributed by atoms with Gasteiger partial charge in [0.15, 0.2) is 0 Å². The van der Waals surface area contributed by atoms with Gasteiger partial charge in [-0.25, -0.2) is 9.59 Å². The molecule has 0 N–H and O–H groups in total. The minimum atomic E-state index is -0.645. The Labute approximate surface area is 205 Å². The van der Waals surface area contributed by atoms with Crippen LogP contribution in [0.1, 0.15) is 44.5 Å². The van der Waals surface area contributed by atoms with E-state index in [0.717, 1.165) is 5.39 Å². The van der Waals surface area contributed by atoms with E-state index in [0.29, 0.717) is 41.9 Å². The molecule has 0 aliphatic carbocycles. The molecule has 3 aromatic rings. The van der Waals surface area contributed by atoms with Crippen molar-refractivity contribution in [3.63, 3.8) is 0 Å². The van der Waals surface area contributed by atoms with Gasteiger partial charge in [-0.1, -0.05) is 6.07 Å². The van der Waals surface area contributed by atoms with Crippen LogP contribution in [0, 0.1) is 0 Å². The van der Waals surface area contributed by atoms with Gasteiger partial charge < -0.3 is 18.8 Å². The van der Waals surface area contributed by atoms with E-state index in [1.54, 1.807) is 72.2 Å². The molecule has 1 heterocycles. The van der Waals surface area contributed by atoms with Gasteiger partial charge in [-0.3, -0.25) is 9.69 Å². The zero-order valence-corrected chi connectivity index (χ0v) is 20.9. The monoisotopic (exact) mass is 480 g/mol. The zero-order valence-electron chi connectivity index (χ0n) is 20.9. The Morgan fingerprint density at radius 3 is 2.37 bits per heavy atom. The van der Waals surface area contributed by atoms with Gasteiger partial charge in [0.1, 0.15) is 11.4 Å². The van der Waals surface area contributed by atoms with E-state index in [2.05, 4.69) is 0 Å². The fraction of sp³-hybridized carbons (Fsp3) is 0.370. The molecule has 0 saturated heterocycles. The molecule has 35 heavy (non-hydrogen) atoms. The summed E-state index contributed by atoms with van der Waals surface area (Å²) in [5.74, 6) is 0.222.